The monoisotopic (exact) mass is 224 g/mol. The molecule has 0 aromatic heterocycles. The van der Waals surface area contributed by atoms with Crippen LogP contribution in [0.15, 0.2) is 24.3 Å². The maximum absolute atomic E-state index is 5.55. The molecule has 0 aliphatic heterocycles. The van der Waals surface area contributed by atoms with Crippen molar-refractivity contribution < 1.29 is 9.47 Å². The second-order valence-corrected chi connectivity index (χ2v) is 3.42. The molecule has 0 spiro atoms. The van der Waals surface area contributed by atoms with Gasteiger partial charge < -0.3 is 20.5 Å². The number of hydrogen-bond acceptors (Lipinski definition) is 4. The van der Waals surface area contributed by atoms with Crippen molar-refractivity contribution in [1.29, 1.82) is 0 Å². The van der Waals surface area contributed by atoms with E-state index >= 15 is 0 Å². The minimum Gasteiger partial charge on any atom is -0.497 e. The SMILES string of the molecule is COc1cccc(OCCNCCCN)c1. The van der Waals surface area contributed by atoms with Crippen molar-refractivity contribution in [2.24, 2.45) is 5.73 Å². The highest BCUT2D eigenvalue weighted by Gasteiger charge is 1.95. The van der Waals surface area contributed by atoms with Crippen LogP contribution >= 0.6 is 0 Å². The molecule has 0 saturated carbocycles. The topological polar surface area (TPSA) is 56.5 Å². The van der Waals surface area contributed by atoms with Gasteiger partial charge in [0.05, 0.1) is 7.11 Å². The summed E-state index contributed by atoms with van der Waals surface area (Å²) in [6.45, 7) is 3.15. The van der Waals surface area contributed by atoms with Crippen LogP contribution < -0.4 is 20.5 Å². The van der Waals surface area contributed by atoms with Crippen LogP contribution in [0.1, 0.15) is 6.42 Å². The third-order valence-electron chi connectivity index (χ3n) is 2.15. The van der Waals surface area contributed by atoms with Crippen molar-refractivity contribution in [3.8, 4) is 11.5 Å². The molecule has 0 fully saturated rings. The van der Waals surface area contributed by atoms with Crippen LogP contribution in [0, 0.1) is 0 Å². The molecule has 0 bridgehead atoms. The average Bonchev–Trinajstić information content (AvgIpc) is 2.34. The van der Waals surface area contributed by atoms with Gasteiger partial charge in [0, 0.05) is 12.6 Å². The number of methoxy groups -OCH3 is 1. The molecule has 1 rings (SSSR count). The fraction of sp³-hybridized carbons (Fsp3) is 0.500. The van der Waals surface area contributed by atoms with E-state index in [9.17, 15) is 0 Å². The first-order valence-corrected chi connectivity index (χ1v) is 5.54. The fourth-order valence-corrected chi connectivity index (χ4v) is 1.28. The average molecular weight is 224 g/mol. The molecule has 0 unspecified atom stereocenters. The molecule has 4 heteroatoms. The Labute approximate surface area is 96.7 Å². The van der Waals surface area contributed by atoms with Gasteiger partial charge in [0.1, 0.15) is 18.1 Å². The Bertz CT molecular complexity index is 292. The Morgan fingerprint density at radius 3 is 2.81 bits per heavy atom. The molecule has 90 valence electrons. The number of benzene rings is 1. The first-order valence-electron chi connectivity index (χ1n) is 5.54. The zero-order valence-electron chi connectivity index (χ0n) is 9.74. The molecule has 0 saturated heterocycles. The van der Waals surface area contributed by atoms with Crippen LogP contribution in [-0.4, -0.2) is 33.4 Å². The first-order chi connectivity index (χ1) is 7.86. The normalized spacial score (nSPS) is 10.1. The van der Waals surface area contributed by atoms with Crippen molar-refractivity contribution in [3.63, 3.8) is 0 Å². The summed E-state index contributed by atoms with van der Waals surface area (Å²) >= 11 is 0. The molecule has 0 atom stereocenters. The third-order valence-corrected chi connectivity index (χ3v) is 2.15. The summed E-state index contributed by atoms with van der Waals surface area (Å²) in [5.74, 6) is 1.65. The van der Waals surface area contributed by atoms with E-state index in [1.807, 2.05) is 24.3 Å². The molecule has 0 aliphatic rings. The predicted octanol–water partition coefficient (Wildman–Crippen LogP) is 1.01. The quantitative estimate of drug-likeness (QED) is 0.647. The Kier molecular flexibility index (Phi) is 6.37. The van der Waals surface area contributed by atoms with Crippen LogP contribution in [0.4, 0.5) is 0 Å². The summed E-state index contributed by atoms with van der Waals surface area (Å²) in [5.41, 5.74) is 5.38. The molecule has 16 heavy (non-hydrogen) atoms. The van der Waals surface area contributed by atoms with Crippen LogP contribution in [0.3, 0.4) is 0 Å². The molecule has 4 nitrogen and oxygen atoms in total. The van der Waals surface area contributed by atoms with Gasteiger partial charge >= 0.3 is 0 Å². The van der Waals surface area contributed by atoms with E-state index in [-0.39, 0.29) is 0 Å². The molecular formula is C12H20N2O2. The summed E-state index contributed by atoms with van der Waals surface area (Å²) in [4.78, 5) is 0. The summed E-state index contributed by atoms with van der Waals surface area (Å²) in [6, 6.07) is 7.60. The smallest absolute Gasteiger partial charge is 0.123 e. The van der Waals surface area contributed by atoms with E-state index in [0.717, 1.165) is 37.6 Å². The lowest BCUT2D eigenvalue weighted by Crippen LogP contribution is -2.23. The molecule has 0 radical (unpaired) electrons. The van der Waals surface area contributed by atoms with Crippen LogP contribution in [0.5, 0.6) is 11.5 Å². The lowest BCUT2D eigenvalue weighted by molar-refractivity contribution is 0.311. The summed E-state index contributed by atoms with van der Waals surface area (Å²) < 4.78 is 10.7. The zero-order valence-corrected chi connectivity index (χ0v) is 9.74. The van der Waals surface area contributed by atoms with Gasteiger partial charge in [0.2, 0.25) is 0 Å². The number of nitrogens with two attached hydrogens (primary N) is 1. The molecule has 0 aliphatic carbocycles. The maximum Gasteiger partial charge on any atom is 0.123 e. The van der Waals surface area contributed by atoms with Gasteiger partial charge in [-0.25, -0.2) is 0 Å². The third kappa shape index (κ3) is 5.00. The van der Waals surface area contributed by atoms with Gasteiger partial charge in [-0.15, -0.1) is 0 Å². The molecule has 0 amide bonds. The lowest BCUT2D eigenvalue weighted by Gasteiger charge is -2.08. The first kappa shape index (κ1) is 12.8. The van der Waals surface area contributed by atoms with Crippen molar-refractivity contribution in [2.45, 2.75) is 6.42 Å². The van der Waals surface area contributed by atoms with E-state index in [1.165, 1.54) is 0 Å². The highest BCUT2D eigenvalue weighted by atomic mass is 16.5. The highest BCUT2D eigenvalue weighted by Crippen LogP contribution is 2.18. The summed E-state index contributed by atoms with van der Waals surface area (Å²) in [5, 5.41) is 3.25. The van der Waals surface area contributed by atoms with E-state index in [4.69, 9.17) is 15.2 Å². The molecule has 3 N–H and O–H groups in total. The van der Waals surface area contributed by atoms with Gasteiger partial charge in [0.25, 0.3) is 0 Å². The van der Waals surface area contributed by atoms with Gasteiger partial charge in [-0.2, -0.15) is 0 Å². The Morgan fingerprint density at radius 1 is 1.25 bits per heavy atom. The molecule has 1 aromatic rings. The largest absolute Gasteiger partial charge is 0.497 e. The number of ether oxygens (including phenoxy) is 2. The predicted molar refractivity (Wildman–Crippen MR) is 65.0 cm³/mol. The van der Waals surface area contributed by atoms with E-state index in [1.54, 1.807) is 7.11 Å². The standard InChI is InChI=1S/C12H20N2O2/c1-15-11-4-2-5-12(10-11)16-9-8-14-7-3-6-13/h2,4-5,10,14H,3,6-9,13H2,1H3. The van der Waals surface area contributed by atoms with Crippen molar-refractivity contribution >= 4 is 0 Å². The van der Waals surface area contributed by atoms with Crippen molar-refractivity contribution in [3.05, 3.63) is 24.3 Å². The van der Waals surface area contributed by atoms with Crippen molar-refractivity contribution in [2.75, 3.05) is 33.4 Å². The number of hydrogen-bond donors (Lipinski definition) is 2. The summed E-state index contributed by atoms with van der Waals surface area (Å²) in [7, 11) is 1.65. The van der Waals surface area contributed by atoms with Gasteiger partial charge in [-0.05, 0) is 31.6 Å². The molecule has 0 heterocycles. The maximum atomic E-state index is 5.55. The van der Waals surface area contributed by atoms with Crippen LogP contribution in [-0.2, 0) is 0 Å². The van der Waals surface area contributed by atoms with E-state index in [0.29, 0.717) is 6.61 Å². The second kappa shape index (κ2) is 7.96. The van der Waals surface area contributed by atoms with Crippen molar-refractivity contribution in [1.82, 2.24) is 5.32 Å². The molecule has 1 aromatic carbocycles. The zero-order chi connectivity index (χ0) is 11.6. The van der Waals surface area contributed by atoms with Gasteiger partial charge in [0.15, 0.2) is 0 Å². The Balaban J connectivity index is 2.16. The lowest BCUT2D eigenvalue weighted by atomic mass is 10.3. The van der Waals surface area contributed by atoms with Crippen LogP contribution in [0.25, 0.3) is 0 Å². The molecular weight excluding hydrogens is 204 g/mol. The van der Waals surface area contributed by atoms with Crippen LogP contribution in [0.2, 0.25) is 0 Å². The Hall–Kier alpha value is -1.26. The Morgan fingerprint density at radius 2 is 2.06 bits per heavy atom. The second-order valence-electron chi connectivity index (χ2n) is 3.42. The highest BCUT2D eigenvalue weighted by molar-refractivity contribution is 5.32. The van der Waals surface area contributed by atoms with E-state index < -0.39 is 0 Å². The summed E-state index contributed by atoms with van der Waals surface area (Å²) in [6.07, 6.45) is 0.999. The van der Waals surface area contributed by atoms with E-state index in [2.05, 4.69) is 5.32 Å². The minimum absolute atomic E-state index is 0.651. The number of nitrogens with one attached hydrogen (secondary N) is 1. The fourth-order valence-electron chi connectivity index (χ4n) is 1.28. The number of rotatable bonds is 8. The van der Waals surface area contributed by atoms with Gasteiger partial charge in [-0.1, -0.05) is 6.07 Å². The van der Waals surface area contributed by atoms with Gasteiger partial charge in [-0.3, -0.25) is 0 Å². The minimum atomic E-state index is 0.651.